The second-order valence-corrected chi connectivity index (χ2v) is 11.1. The first-order valence-electron chi connectivity index (χ1n) is 11.9. The molecule has 9 nitrogen and oxygen atoms in total. The summed E-state index contributed by atoms with van der Waals surface area (Å²) in [4.78, 5) is 15.5. The largest absolute Gasteiger partial charge is 1.00 e. The van der Waals surface area contributed by atoms with Gasteiger partial charge in [0.25, 0.3) is 0 Å². The van der Waals surface area contributed by atoms with Crippen molar-refractivity contribution in [2.45, 2.75) is 62.7 Å². The number of carbonyl (C=O) groups excluding carboxylic acids is 1. The van der Waals surface area contributed by atoms with Gasteiger partial charge in [0.15, 0.2) is 9.84 Å². The van der Waals surface area contributed by atoms with Crippen LogP contribution in [0.2, 0.25) is 0 Å². The van der Waals surface area contributed by atoms with E-state index in [1.807, 2.05) is 18.4 Å². The summed E-state index contributed by atoms with van der Waals surface area (Å²) < 4.78 is 41.1. The van der Waals surface area contributed by atoms with Crippen LogP contribution in [0.25, 0.3) is 11.3 Å². The summed E-state index contributed by atoms with van der Waals surface area (Å²) in [6.45, 7) is 3.80. The molecule has 2 unspecified atom stereocenters. The molecule has 0 radical (unpaired) electrons. The van der Waals surface area contributed by atoms with Crippen LogP contribution >= 0.6 is 0 Å². The van der Waals surface area contributed by atoms with Crippen molar-refractivity contribution in [3.05, 3.63) is 66.1 Å². The molecule has 0 aliphatic heterocycles. The summed E-state index contributed by atoms with van der Waals surface area (Å²) in [5.41, 5.74) is 1.78. The first-order chi connectivity index (χ1) is 17.5. The predicted octanol–water partition coefficient (Wildman–Crippen LogP) is -0.698. The van der Waals surface area contributed by atoms with Gasteiger partial charge in [-0.1, -0.05) is 18.2 Å². The SMILES string of the molecule is CC(C)n1c(NCS(=O)(=O)c2ccccc2)nc(-c2ccc(F)cc2)c1CCC(O)CC(O)CC(=O)[O-].[Na+]. The van der Waals surface area contributed by atoms with E-state index in [0.717, 1.165) is 0 Å². The molecule has 2 atom stereocenters. The summed E-state index contributed by atoms with van der Waals surface area (Å²) in [6.07, 6.45) is -2.50. The number of sulfone groups is 1. The fraction of sp³-hybridized carbons (Fsp3) is 0.385. The topological polar surface area (TPSA) is 145 Å². The van der Waals surface area contributed by atoms with E-state index in [-0.39, 0.29) is 59.8 Å². The van der Waals surface area contributed by atoms with Crippen molar-refractivity contribution >= 4 is 21.8 Å². The van der Waals surface area contributed by atoms with Crippen molar-refractivity contribution < 1.29 is 62.5 Å². The van der Waals surface area contributed by atoms with Gasteiger partial charge in [0.1, 0.15) is 11.7 Å². The Hall–Kier alpha value is -2.28. The number of aliphatic hydroxyl groups excluding tert-OH is 2. The molecule has 1 aromatic heterocycles. The standard InChI is InChI=1S/C26H32FN3O6S.Na/c1-17(2)30-23(13-12-20(31)14-21(32)15-24(33)34)25(18-8-10-19(27)11-9-18)29-26(30)28-16-37(35,36)22-6-4-3-5-7-22;/h3-11,17,20-21,31-32H,12-16H2,1-2H3,(H,28,29)(H,33,34);/q;+1/p-1. The number of aliphatic hydroxyl groups is 2. The summed E-state index contributed by atoms with van der Waals surface area (Å²) >= 11 is 0. The minimum Gasteiger partial charge on any atom is -0.550 e. The Balaban J connectivity index is 0.00000507. The van der Waals surface area contributed by atoms with Crippen LogP contribution in [0.4, 0.5) is 10.3 Å². The van der Waals surface area contributed by atoms with Gasteiger partial charge in [-0.25, -0.2) is 17.8 Å². The number of anilines is 1. The Morgan fingerprint density at radius 3 is 2.29 bits per heavy atom. The average molecular weight is 556 g/mol. The Bertz CT molecular complexity index is 1300. The number of hydrogen-bond acceptors (Lipinski definition) is 8. The molecule has 3 N–H and O–H groups in total. The molecule has 0 saturated heterocycles. The number of aromatic nitrogens is 2. The van der Waals surface area contributed by atoms with Crippen LogP contribution in [0, 0.1) is 5.82 Å². The number of rotatable bonds is 13. The van der Waals surface area contributed by atoms with Gasteiger partial charge in [-0.15, -0.1) is 0 Å². The molecule has 1 heterocycles. The molecule has 0 bridgehead atoms. The van der Waals surface area contributed by atoms with Gasteiger partial charge in [0.2, 0.25) is 5.95 Å². The Morgan fingerprint density at radius 1 is 1.08 bits per heavy atom. The predicted molar refractivity (Wildman–Crippen MR) is 135 cm³/mol. The molecule has 3 aromatic rings. The zero-order valence-electron chi connectivity index (χ0n) is 21.7. The number of imidazole rings is 1. The van der Waals surface area contributed by atoms with Crippen molar-refractivity contribution in [2.24, 2.45) is 0 Å². The van der Waals surface area contributed by atoms with Gasteiger partial charge >= 0.3 is 29.6 Å². The second-order valence-electron chi connectivity index (χ2n) is 9.11. The summed E-state index contributed by atoms with van der Waals surface area (Å²) in [5, 5.41) is 33.9. The molecular formula is C26H31FN3NaO6S. The van der Waals surface area contributed by atoms with E-state index in [1.54, 1.807) is 30.3 Å². The molecular weight excluding hydrogens is 524 g/mol. The Morgan fingerprint density at radius 2 is 1.71 bits per heavy atom. The Labute approximate surface area is 243 Å². The van der Waals surface area contributed by atoms with E-state index in [0.29, 0.717) is 22.9 Å². The van der Waals surface area contributed by atoms with Crippen LogP contribution in [0.15, 0.2) is 59.5 Å². The monoisotopic (exact) mass is 555 g/mol. The normalized spacial score (nSPS) is 13.1. The maximum absolute atomic E-state index is 13.6. The van der Waals surface area contributed by atoms with Crippen molar-refractivity contribution in [1.82, 2.24) is 9.55 Å². The molecule has 38 heavy (non-hydrogen) atoms. The van der Waals surface area contributed by atoms with Crippen LogP contribution < -0.4 is 40.0 Å². The second kappa shape index (κ2) is 14.2. The number of carboxylic acids is 1. The molecule has 2 aromatic carbocycles. The van der Waals surface area contributed by atoms with Crippen LogP contribution in [0.5, 0.6) is 0 Å². The van der Waals surface area contributed by atoms with E-state index in [1.165, 1.54) is 24.3 Å². The average Bonchev–Trinajstić information content (AvgIpc) is 3.21. The third kappa shape index (κ3) is 8.62. The molecule has 3 rings (SSSR count). The number of nitrogens with one attached hydrogen (secondary N) is 1. The van der Waals surface area contributed by atoms with Crippen molar-refractivity contribution in [2.75, 3.05) is 11.2 Å². The van der Waals surface area contributed by atoms with Gasteiger partial charge in [-0.05, 0) is 69.5 Å². The molecule has 0 aliphatic rings. The maximum Gasteiger partial charge on any atom is 1.00 e. The summed E-state index contributed by atoms with van der Waals surface area (Å²) in [5.74, 6) is -1.92. The fourth-order valence-corrected chi connectivity index (χ4v) is 5.16. The third-order valence-corrected chi connectivity index (χ3v) is 7.34. The van der Waals surface area contributed by atoms with E-state index in [4.69, 9.17) is 0 Å². The van der Waals surface area contributed by atoms with Gasteiger partial charge in [-0.2, -0.15) is 0 Å². The van der Waals surface area contributed by atoms with Crippen LogP contribution in [-0.2, 0) is 21.1 Å². The van der Waals surface area contributed by atoms with Crippen molar-refractivity contribution in [1.29, 1.82) is 0 Å². The van der Waals surface area contributed by atoms with Crippen molar-refractivity contribution in [3.63, 3.8) is 0 Å². The number of aliphatic carboxylic acids is 1. The maximum atomic E-state index is 13.6. The minimum absolute atomic E-state index is 0. The minimum atomic E-state index is -3.66. The summed E-state index contributed by atoms with van der Waals surface area (Å²) in [7, 11) is -3.66. The first-order valence-corrected chi connectivity index (χ1v) is 13.6. The molecule has 0 amide bonds. The number of carbonyl (C=O) groups is 1. The molecule has 0 spiro atoms. The number of benzene rings is 2. The molecule has 12 heteroatoms. The van der Waals surface area contributed by atoms with Gasteiger partial charge in [0.05, 0.1) is 22.8 Å². The Kier molecular flexibility index (Phi) is 11.9. The van der Waals surface area contributed by atoms with Gasteiger partial charge in [-0.3, -0.25) is 0 Å². The fourth-order valence-electron chi connectivity index (χ4n) is 4.11. The molecule has 0 aliphatic carbocycles. The molecule has 200 valence electrons. The van der Waals surface area contributed by atoms with E-state index < -0.39 is 46.1 Å². The van der Waals surface area contributed by atoms with E-state index in [9.17, 15) is 32.9 Å². The third-order valence-electron chi connectivity index (χ3n) is 5.83. The first kappa shape index (κ1) is 31.9. The molecule has 0 saturated carbocycles. The van der Waals surface area contributed by atoms with Crippen molar-refractivity contribution in [3.8, 4) is 11.3 Å². The van der Waals surface area contributed by atoms with Crippen LogP contribution in [-0.4, -0.2) is 52.2 Å². The molecule has 0 fully saturated rings. The number of halogens is 1. The summed E-state index contributed by atoms with van der Waals surface area (Å²) in [6, 6.07) is 13.6. The zero-order chi connectivity index (χ0) is 27.2. The zero-order valence-corrected chi connectivity index (χ0v) is 24.5. The van der Waals surface area contributed by atoms with Gasteiger partial charge < -0.3 is 30.0 Å². The van der Waals surface area contributed by atoms with Crippen LogP contribution in [0.1, 0.15) is 44.8 Å². The number of hydrogen-bond donors (Lipinski definition) is 3. The quantitative estimate of drug-likeness (QED) is 0.235. The van der Waals surface area contributed by atoms with Gasteiger partial charge in [0, 0.05) is 29.7 Å². The number of carboxylic acid groups (broad SMARTS) is 1. The van der Waals surface area contributed by atoms with E-state index >= 15 is 0 Å². The smallest absolute Gasteiger partial charge is 0.550 e. The van der Waals surface area contributed by atoms with E-state index in [2.05, 4.69) is 10.3 Å². The van der Waals surface area contributed by atoms with Crippen LogP contribution in [0.3, 0.4) is 0 Å². The number of nitrogens with zero attached hydrogens (tertiary/aromatic N) is 2.